The number of carbonyl (C=O) groups is 1. The number of nitrogens with one attached hydrogen (secondary N) is 2. The van der Waals surface area contributed by atoms with Gasteiger partial charge in [0.2, 0.25) is 0 Å². The van der Waals surface area contributed by atoms with Gasteiger partial charge in [0.1, 0.15) is 5.00 Å². The molecule has 3 nitrogen and oxygen atoms in total. The van der Waals surface area contributed by atoms with Gasteiger partial charge in [0, 0.05) is 14.6 Å². The Balaban J connectivity index is 1.97. The fraction of sp³-hybridized carbons (Fsp3) is 0. The van der Waals surface area contributed by atoms with E-state index in [4.69, 9.17) is 0 Å². The molecule has 2 aromatic carbocycles. The van der Waals surface area contributed by atoms with Gasteiger partial charge in [0.15, 0.2) is 0 Å². The maximum atomic E-state index is 12.5. The highest BCUT2D eigenvalue weighted by Gasteiger charge is 2.23. The molecular weight excluding hydrogens is 336 g/mol. The lowest BCUT2D eigenvalue weighted by atomic mass is 10.1. The highest BCUT2D eigenvalue weighted by Crippen LogP contribution is 2.41. The number of halogens is 1. The summed E-state index contributed by atoms with van der Waals surface area (Å²) in [6.07, 6.45) is 0. The molecule has 20 heavy (non-hydrogen) atoms. The summed E-state index contributed by atoms with van der Waals surface area (Å²) >= 11 is 5.03. The van der Waals surface area contributed by atoms with Crippen LogP contribution in [0.2, 0.25) is 0 Å². The van der Waals surface area contributed by atoms with Gasteiger partial charge in [0.05, 0.1) is 16.9 Å². The van der Waals surface area contributed by atoms with E-state index in [9.17, 15) is 4.79 Å². The second-order valence-electron chi connectivity index (χ2n) is 4.57. The number of benzene rings is 2. The molecule has 0 radical (unpaired) electrons. The average Bonchev–Trinajstić information content (AvgIpc) is 2.73. The van der Waals surface area contributed by atoms with Gasteiger partial charge in [-0.3, -0.25) is 4.79 Å². The zero-order valence-corrected chi connectivity index (χ0v) is 12.6. The van der Waals surface area contributed by atoms with Crippen LogP contribution < -0.4 is 10.6 Å². The number of fused-ring (bicyclic) bond motifs is 4. The predicted molar refractivity (Wildman–Crippen MR) is 87.2 cm³/mol. The molecule has 1 aliphatic heterocycles. The minimum atomic E-state index is -0.0678. The van der Waals surface area contributed by atoms with Gasteiger partial charge < -0.3 is 10.6 Å². The zero-order valence-electron chi connectivity index (χ0n) is 10.2. The van der Waals surface area contributed by atoms with E-state index < -0.39 is 0 Å². The predicted octanol–water partition coefficient (Wildman–Crippen LogP) is 4.97. The van der Waals surface area contributed by atoms with Crippen molar-refractivity contribution in [2.45, 2.75) is 0 Å². The Kier molecular flexibility index (Phi) is 2.58. The van der Waals surface area contributed by atoms with Crippen molar-refractivity contribution in [2.24, 2.45) is 0 Å². The Bertz CT molecular complexity index is 856. The van der Waals surface area contributed by atoms with E-state index in [1.165, 1.54) is 0 Å². The molecule has 98 valence electrons. The van der Waals surface area contributed by atoms with Crippen molar-refractivity contribution in [3.63, 3.8) is 0 Å². The second kappa shape index (κ2) is 4.33. The van der Waals surface area contributed by atoms with Crippen LogP contribution in [0, 0.1) is 0 Å². The molecule has 5 heteroatoms. The molecule has 0 fully saturated rings. The summed E-state index contributed by atoms with van der Waals surface area (Å²) in [5.41, 5.74) is 2.42. The van der Waals surface area contributed by atoms with Crippen molar-refractivity contribution < 1.29 is 4.79 Å². The maximum absolute atomic E-state index is 12.5. The summed E-state index contributed by atoms with van der Waals surface area (Å²) in [4.78, 5) is 12.5. The van der Waals surface area contributed by atoms with Gasteiger partial charge in [0.25, 0.3) is 5.91 Å². The molecule has 2 heterocycles. The topological polar surface area (TPSA) is 41.1 Å². The van der Waals surface area contributed by atoms with Crippen LogP contribution in [0.4, 0.5) is 16.4 Å². The molecule has 1 aromatic heterocycles. The third-order valence-corrected chi connectivity index (χ3v) is 4.88. The lowest BCUT2D eigenvalue weighted by molar-refractivity contribution is 0.103. The third-order valence-electron chi connectivity index (χ3n) is 3.30. The van der Waals surface area contributed by atoms with Gasteiger partial charge in [-0.05, 0) is 24.3 Å². The van der Waals surface area contributed by atoms with Gasteiger partial charge in [-0.25, -0.2) is 0 Å². The Morgan fingerprint density at radius 2 is 1.85 bits per heavy atom. The van der Waals surface area contributed by atoms with Crippen LogP contribution in [0.15, 0.2) is 46.9 Å². The van der Waals surface area contributed by atoms with Crippen molar-refractivity contribution in [1.82, 2.24) is 0 Å². The van der Waals surface area contributed by atoms with Gasteiger partial charge in [-0.1, -0.05) is 34.1 Å². The molecule has 3 aromatic rings. The summed E-state index contributed by atoms with van der Waals surface area (Å²) in [5, 5.41) is 8.22. The summed E-state index contributed by atoms with van der Waals surface area (Å²) in [6, 6.07) is 13.8. The van der Waals surface area contributed by atoms with Crippen molar-refractivity contribution in [3.8, 4) is 0 Å². The van der Waals surface area contributed by atoms with E-state index in [1.807, 2.05) is 42.5 Å². The number of hydrogen-bond acceptors (Lipinski definition) is 3. The number of rotatable bonds is 0. The molecule has 2 N–H and O–H groups in total. The number of carbonyl (C=O) groups excluding carboxylic acids is 1. The molecule has 1 aliphatic rings. The van der Waals surface area contributed by atoms with Crippen molar-refractivity contribution in [3.05, 3.63) is 52.5 Å². The minimum absolute atomic E-state index is 0.0678. The van der Waals surface area contributed by atoms with E-state index >= 15 is 0 Å². The Hall–Kier alpha value is -1.85. The summed E-state index contributed by atoms with van der Waals surface area (Å²) < 4.78 is 2.05. The lowest BCUT2D eigenvalue weighted by Gasteiger charge is -2.07. The van der Waals surface area contributed by atoms with E-state index in [-0.39, 0.29) is 5.91 Å². The van der Waals surface area contributed by atoms with Crippen molar-refractivity contribution >= 4 is 59.6 Å². The lowest BCUT2D eigenvalue weighted by Crippen LogP contribution is -2.10. The molecule has 0 atom stereocenters. The maximum Gasteiger partial charge on any atom is 0.259 e. The van der Waals surface area contributed by atoms with Crippen LogP contribution in [-0.2, 0) is 0 Å². The van der Waals surface area contributed by atoms with Crippen LogP contribution >= 0.6 is 27.3 Å². The van der Waals surface area contributed by atoms with Crippen molar-refractivity contribution in [1.29, 1.82) is 0 Å². The van der Waals surface area contributed by atoms with Crippen LogP contribution in [0.1, 0.15) is 10.4 Å². The second-order valence-corrected chi connectivity index (χ2v) is 6.54. The fourth-order valence-electron chi connectivity index (χ4n) is 2.39. The molecule has 0 bridgehead atoms. The molecule has 4 rings (SSSR count). The SMILES string of the molecule is O=C1Nc2cc(Br)ccc2Nc2sc3ccccc3c21. The van der Waals surface area contributed by atoms with E-state index in [0.717, 1.165) is 36.5 Å². The van der Waals surface area contributed by atoms with Gasteiger partial charge >= 0.3 is 0 Å². The summed E-state index contributed by atoms with van der Waals surface area (Å²) in [6.45, 7) is 0. The quantitative estimate of drug-likeness (QED) is 0.604. The fourth-order valence-corrected chi connectivity index (χ4v) is 3.87. The Morgan fingerprint density at radius 1 is 1.00 bits per heavy atom. The molecule has 0 unspecified atom stereocenters. The normalized spacial score (nSPS) is 13.2. The standard InChI is InChI=1S/C15H9BrN2OS/c16-8-5-6-10-11(7-8)17-14(19)13-9-3-1-2-4-12(9)20-15(13)18-10/h1-7,18H,(H,17,19). The smallest absolute Gasteiger partial charge is 0.259 e. The first-order chi connectivity index (χ1) is 9.72. The first-order valence-corrected chi connectivity index (χ1v) is 7.73. The average molecular weight is 345 g/mol. The molecule has 1 amide bonds. The van der Waals surface area contributed by atoms with E-state index in [1.54, 1.807) is 11.3 Å². The molecule has 0 spiro atoms. The van der Waals surface area contributed by atoms with Gasteiger partial charge in [-0.15, -0.1) is 11.3 Å². The Morgan fingerprint density at radius 3 is 2.75 bits per heavy atom. The summed E-state index contributed by atoms with van der Waals surface area (Å²) in [7, 11) is 0. The summed E-state index contributed by atoms with van der Waals surface area (Å²) in [5.74, 6) is -0.0678. The zero-order chi connectivity index (χ0) is 13.7. The molecule has 0 aliphatic carbocycles. The van der Waals surface area contributed by atoms with Crippen LogP contribution in [0.25, 0.3) is 10.1 Å². The number of thiophene rings is 1. The number of anilines is 3. The Labute approximate surface area is 127 Å². The molecular formula is C15H9BrN2OS. The van der Waals surface area contributed by atoms with Crippen LogP contribution in [0.3, 0.4) is 0 Å². The number of amides is 1. The molecule has 0 saturated carbocycles. The largest absolute Gasteiger partial charge is 0.345 e. The van der Waals surface area contributed by atoms with E-state index in [2.05, 4.69) is 26.6 Å². The minimum Gasteiger partial charge on any atom is -0.345 e. The van der Waals surface area contributed by atoms with Crippen molar-refractivity contribution in [2.75, 3.05) is 10.6 Å². The van der Waals surface area contributed by atoms with Crippen LogP contribution in [0.5, 0.6) is 0 Å². The van der Waals surface area contributed by atoms with Crippen LogP contribution in [-0.4, -0.2) is 5.91 Å². The first kappa shape index (κ1) is 11.9. The highest BCUT2D eigenvalue weighted by atomic mass is 79.9. The highest BCUT2D eigenvalue weighted by molar-refractivity contribution is 9.10. The van der Waals surface area contributed by atoms with E-state index in [0.29, 0.717) is 0 Å². The first-order valence-electron chi connectivity index (χ1n) is 6.12. The third kappa shape index (κ3) is 1.74. The monoisotopic (exact) mass is 344 g/mol. The molecule has 0 saturated heterocycles. The number of hydrogen-bond donors (Lipinski definition) is 2. The van der Waals surface area contributed by atoms with Gasteiger partial charge in [-0.2, -0.15) is 0 Å².